The minimum Gasteiger partial charge on any atom is -0.479 e. The maximum atomic E-state index is 13.5. The molecule has 4 fully saturated rings. The Morgan fingerprint density at radius 1 is 0.472 bits per heavy atom. The predicted octanol–water partition coefficient (Wildman–Crippen LogP) is 24.7. The van der Waals surface area contributed by atoms with Crippen LogP contribution < -0.4 is 4.90 Å². The molecular weight excluding hydrogens is 1790 g/mol. The van der Waals surface area contributed by atoms with Crippen LogP contribution in [0.1, 0.15) is 152 Å². The number of nitrogens with zero attached hydrogens (tertiary/aromatic N) is 10. The van der Waals surface area contributed by atoms with Gasteiger partial charge in [-0.3, -0.25) is 14.0 Å². The SMILES string of the molecule is CCOC(=O)[C@@H](OC(C)(C)C)c1c(C)cc2nc(-c3ccc4c(c3)c(Br)nn4C)sc2c1-c1ccc(Cl)cc1.CCOC(=O)[C@@H](OC(C)(C)C)c1c(C)cc2nc(-c3ccc4c(c3)c(N3CC5(COC5)C3)nn4C)sc2c1-c1ccc(Cl)cc1.Cc1cc2nc(-c3ccc4c(c3)c(C3CC5(COC5)C3)nn4C)sc2c(-c2ccc(Cl)cc2)c1[C@H](OC(C)(C)C)C(=O)O. The van der Waals surface area contributed by atoms with Crippen molar-refractivity contribution in [2.24, 2.45) is 32.0 Å². The first-order valence-corrected chi connectivity index (χ1v) is 46.9. The summed E-state index contributed by atoms with van der Waals surface area (Å²) in [7, 11) is 5.92. The first-order valence-electron chi connectivity index (χ1n) is 42.5. The largest absolute Gasteiger partial charge is 0.479 e. The van der Waals surface area contributed by atoms with E-state index in [1.165, 1.54) is 5.39 Å². The lowest BCUT2D eigenvalue weighted by atomic mass is 9.59. The number of aromatic nitrogens is 9. The fraction of sp³-hybridized carbons (Fsp3) is 0.364. The summed E-state index contributed by atoms with van der Waals surface area (Å²) in [4.78, 5) is 57.1. The molecule has 21 nitrogen and oxygen atoms in total. The Kier molecular flexibility index (Phi) is 24.4. The Labute approximate surface area is 772 Å². The molecule has 1 N–H and O–H groups in total. The third-order valence-electron chi connectivity index (χ3n) is 23.6. The summed E-state index contributed by atoms with van der Waals surface area (Å²) in [6.45, 7) is 32.7. The van der Waals surface area contributed by atoms with Crippen molar-refractivity contribution in [2.45, 2.75) is 151 Å². The number of esters is 2. The number of carboxylic acids is 1. The molecule has 0 amide bonds. The highest BCUT2D eigenvalue weighted by atomic mass is 79.9. The lowest BCUT2D eigenvalue weighted by Crippen LogP contribution is -2.66. The first kappa shape index (κ1) is 89.4. The number of thiazole rings is 3. The molecule has 1 aliphatic carbocycles. The van der Waals surface area contributed by atoms with E-state index >= 15 is 0 Å². The number of fused-ring (bicyclic) bond motifs is 6. The topological polar surface area (TPSA) is 231 Å². The highest BCUT2D eigenvalue weighted by Crippen LogP contribution is 2.57. The van der Waals surface area contributed by atoms with Crippen molar-refractivity contribution in [3.8, 4) is 65.1 Å². The van der Waals surface area contributed by atoms with E-state index in [1.54, 1.807) is 40.9 Å². The van der Waals surface area contributed by atoms with Crippen molar-refractivity contribution in [3.63, 3.8) is 0 Å². The van der Waals surface area contributed by atoms with Gasteiger partial charge in [-0.15, -0.1) is 34.0 Å². The normalized spacial score (nSPS) is 15.7. The minimum absolute atomic E-state index is 0.260. The molecule has 3 aliphatic heterocycles. The minimum atomic E-state index is -1.15. The standard InChI is InChI=1S/C35H37ClN4O4S.C34H34ClN3O4S.C30H29BrClN3O3S/c1-7-43-33(41)29(44-34(3,4)5)27-20(2)14-25-30(28(27)21-8-11-23(36)12-9-21)45-32(37-25)22-10-13-26-24(15-22)31(38-39(26)6)40-16-35(17-40)18-42-19-35;1-18-12-24-30(27(19-6-9-22(35)10-7-19)26(18)29(32(39)40)42-33(2,3)4)43-31(36-24)20-8-11-25-23(13-20)28(37-38(25)5)21-14-34(15-21)16-41-17-34;1-7-37-29(36)25(38-30(3,4)5)23-16(2)14-21-26(24(23)17-8-11-19(32)12-9-17)39-28(33-21)18-10-13-22-20(15-18)27(31)34-35(22)6/h8-15,29H,7,16-19H2,1-6H3;6-13,21,29H,14-17H2,1-5H3,(H,39,40);8-15,25H,7H2,1-6H3/t2*29-;25-/m000/s1. The predicted molar refractivity (Wildman–Crippen MR) is 514 cm³/mol. The second-order valence-corrected chi connectivity index (χ2v) is 41.8. The van der Waals surface area contributed by atoms with E-state index in [9.17, 15) is 19.5 Å². The molecule has 127 heavy (non-hydrogen) atoms. The van der Waals surface area contributed by atoms with Crippen LogP contribution in [0.2, 0.25) is 15.1 Å². The van der Waals surface area contributed by atoms with E-state index in [0.717, 1.165) is 219 Å². The number of aliphatic carboxylic acids is 1. The Bertz CT molecular complexity index is 6810. The third-order valence-corrected chi connectivity index (χ3v) is 28.3. The second kappa shape index (κ2) is 34.7. The number of rotatable bonds is 19. The number of carbonyl (C=O) groups is 3. The van der Waals surface area contributed by atoms with Crippen molar-refractivity contribution in [3.05, 3.63) is 204 Å². The van der Waals surface area contributed by atoms with Gasteiger partial charge in [-0.05, 0) is 268 Å². The zero-order valence-corrected chi connectivity index (χ0v) is 80.3. The maximum absolute atomic E-state index is 13.5. The van der Waals surface area contributed by atoms with Gasteiger partial charge in [-0.2, -0.15) is 15.3 Å². The van der Waals surface area contributed by atoms with Crippen molar-refractivity contribution in [1.82, 2.24) is 44.3 Å². The zero-order valence-electron chi connectivity index (χ0n) is 74.0. The van der Waals surface area contributed by atoms with Crippen LogP contribution in [0.15, 0.2) is 150 Å². The summed E-state index contributed by atoms with van der Waals surface area (Å²) in [5, 5.41) is 32.5. The number of ether oxygens (including phenoxy) is 7. The highest BCUT2D eigenvalue weighted by Gasteiger charge is 2.52. The van der Waals surface area contributed by atoms with Crippen molar-refractivity contribution >= 4 is 172 Å². The molecule has 1 saturated carbocycles. The molecule has 658 valence electrons. The summed E-state index contributed by atoms with van der Waals surface area (Å²) in [5.41, 5.74) is 18.9. The number of halogens is 4. The van der Waals surface area contributed by atoms with Gasteiger partial charge in [-0.1, -0.05) is 71.2 Å². The van der Waals surface area contributed by atoms with E-state index in [-0.39, 0.29) is 13.2 Å². The molecule has 0 radical (unpaired) electrons. The van der Waals surface area contributed by atoms with Gasteiger partial charge in [0, 0.05) is 127 Å². The van der Waals surface area contributed by atoms with Gasteiger partial charge in [0.15, 0.2) is 24.1 Å². The smallest absolute Gasteiger partial charge is 0.339 e. The Morgan fingerprint density at radius 2 is 0.811 bits per heavy atom. The Hall–Kier alpha value is -9.58. The van der Waals surface area contributed by atoms with E-state index in [0.29, 0.717) is 37.4 Å². The van der Waals surface area contributed by atoms with Crippen LogP contribution in [0.5, 0.6) is 0 Å². The molecule has 3 atom stereocenters. The van der Waals surface area contributed by atoms with Gasteiger partial charge in [-0.25, -0.2) is 29.3 Å². The lowest BCUT2D eigenvalue weighted by Gasteiger charge is -2.55. The van der Waals surface area contributed by atoms with Crippen LogP contribution in [0.3, 0.4) is 0 Å². The van der Waals surface area contributed by atoms with E-state index in [4.69, 9.17) is 93.1 Å². The van der Waals surface area contributed by atoms with Crippen LogP contribution in [0.4, 0.5) is 5.82 Å². The average Bonchev–Trinajstić information content (AvgIpc) is 1.59. The summed E-state index contributed by atoms with van der Waals surface area (Å²) >= 11 is 27.2. The van der Waals surface area contributed by atoms with Crippen molar-refractivity contribution in [1.29, 1.82) is 0 Å². The fourth-order valence-electron chi connectivity index (χ4n) is 17.9. The number of hydrogen-bond donors (Lipinski definition) is 1. The third kappa shape index (κ3) is 17.8. The van der Waals surface area contributed by atoms with Crippen LogP contribution in [0.25, 0.3) is 128 Å². The maximum Gasteiger partial charge on any atom is 0.339 e. The molecule has 0 unspecified atom stereocenters. The van der Waals surface area contributed by atoms with Gasteiger partial charge < -0.3 is 43.2 Å². The molecule has 28 heteroatoms. The first-order chi connectivity index (χ1) is 60.3. The Morgan fingerprint density at radius 3 is 1.18 bits per heavy atom. The summed E-state index contributed by atoms with van der Waals surface area (Å²) < 4.78 is 50.4. The van der Waals surface area contributed by atoms with Gasteiger partial charge in [0.25, 0.3) is 0 Å². The quantitative estimate of drug-likeness (QED) is 0.0741. The number of benzene rings is 9. The number of anilines is 1. The summed E-state index contributed by atoms with van der Waals surface area (Å²) in [6, 6.07) is 48.1. The van der Waals surface area contributed by atoms with Gasteiger partial charge in [0.05, 0.1) is 115 Å². The van der Waals surface area contributed by atoms with Gasteiger partial charge in [0.1, 0.15) is 19.6 Å². The molecule has 3 saturated heterocycles. The van der Waals surface area contributed by atoms with Crippen molar-refractivity contribution < 1.29 is 52.6 Å². The monoisotopic (exact) mass is 1880 g/mol. The van der Waals surface area contributed by atoms with Crippen LogP contribution in [-0.2, 0) is 68.7 Å². The van der Waals surface area contributed by atoms with Gasteiger partial charge >= 0.3 is 17.9 Å². The lowest BCUT2D eigenvalue weighted by molar-refractivity contribution is -0.167. The highest BCUT2D eigenvalue weighted by molar-refractivity contribution is 9.10. The molecule has 4 aliphatic rings. The number of carbonyl (C=O) groups excluding carboxylic acids is 2. The fourth-order valence-corrected chi connectivity index (χ4v) is 22.2. The number of hydrogen-bond acceptors (Lipinski definition) is 20. The van der Waals surface area contributed by atoms with Crippen LogP contribution in [0, 0.1) is 31.6 Å². The molecule has 0 bridgehead atoms. The van der Waals surface area contributed by atoms with Crippen LogP contribution in [-0.4, -0.2) is 137 Å². The molecule has 2 spiro atoms. The van der Waals surface area contributed by atoms with E-state index in [1.807, 2.05) is 210 Å². The van der Waals surface area contributed by atoms with Crippen molar-refractivity contribution in [2.75, 3.05) is 57.6 Å². The zero-order chi connectivity index (χ0) is 90.0. The summed E-state index contributed by atoms with van der Waals surface area (Å²) in [5.74, 6) is -0.411. The molecule has 9 aromatic carbocycles. The average molecular weight is 1890 g/mol. The number of carboxylic acid groups (broad SMARTS) is 1. The number of aryl methyl sites for hydroxylation is 6. The summed E-state index contributed by atoms with van der Waals surface area (Å²) in [6.07, 6.45) is -0.729. The molecule has 9 heterocycles. The molecule has 19 rings (SSSR count). The Balaban J connectivity index is 0.000000135. The molecule has 6 aromatic heterocycles. The molecular formula is C99H100BrCl3N10O11S3. The second-order valence-electron chi connectivity index (χ2n) is 36.8. The molecule has 15 aromatic rings. The van der Waals surface area contributed by atoms with Crippen LogP contribution >= 0.6 is 84.7 Å². The van der Waals surface area contributed by atoms with E-state index in [2.05, 4.69) is 86.6 Å². The van der Waals surface area contributed by atoms with Gasteiger partial charge in [0.2, 0.25) is 0 Å². The van der Waals surface area contributed by atoms with E-state index < -0.39 is 53.0 Å².